The van der Waals surface area contributed by atoms with E-state index in [4.69, 9.17) is 11.6 Å². The van der Waals surface area contributed by atoms with Crippen LogP contribution >= 0.6 is 11.6 Å². The third kappa shape index (κ3) is 3.95. The van der Waals surface area contributed by atoms with E-state index in [-0.39, 0.29) is 11.8 Å². The molecule has 0 atom stereocenters. The van der Waals surface area contributed by atoms with Crippen molar-refractivity contribution >= 4 is 23.3 Å². The highest BCUT2D eigenvalue weighted by Crippen LogP contribution is 2.47. The number of carbonyl (C=O) groups excluding carboxylic acids is 2. The van der Waals surface area contributed by atoms with Gasteiger partial charge in [-0.05, 0) is 66.5 Å². The average molecular weight is 437 g/mol. The molecule has 1 saturated heterocycles. The zero-order valence-electron chi connectivity index (χ0n) is 16.1. The molecule has 1 spiro atoms. The average Bonchev–Trinajstić information content (AvgIpc) is 3.07. The Kier molecular flexibility index (Phi) is 5.34. The monoisotopic (exact) mass is 436 g/mol. The number of likely N-dealkylation sites (tertiary alicyclic amines) is 1. The summed E-state index contributed by atoms with van der Waals surface area (Å²) in [4.78, 5) is 30.5. The molecule has 8 heteroatoms. The molecule has 0 saturated carbocycles. The summed E-state index contributed by atoms with van der Waals surface area (Å²) in [5.74, 6) is -1.06. The highest BCUT2D eigenvalue weighted by Gasteiger charge is 2.43. The van der Waals surface area contributed by atoms with Gasteiger partial charge in [-0.15, -0.1) is 0 Å². The summed E-state index contributed by atoms with van der Waals surface area (Å²) in [7, 11) is 0. The van der Waals surface area contributed by atoms with Gasteiger partial charge in [-0.25, -0.2) is 0 Å². The number of alkyl halides is 3. The summed E-state index contributed by atoms with van der Waals surface area (Å²) in [6.45, 7) is 0.832. The van der Waals surface area contributed by atoms with Crippen LogP contribution in [-0.2, 0) is 34.0 Å². The Morgan fingerprint density at radius 3 is 2.47 bits per heavy atom. The maximum atomic E-state index is 13.0. The standard InChI is InChI=1S/C22H20ClF3N2O2/c23-16-2-3-17(27-13-16)12-19(29)20(30)28-9-7-21(8-10-28)6-5-14-11-15(22(24,25)26)1-4-18(14)21/h1-4,11,13H,5-10,12H2. The predicted molar refractivity (Wildman–Crippen MR) is 105 cm³/mol. The minimum Gasteiger partial charge on any atom is -0.336 e. The smallest absolute Gasteiger partial charge is 0.336 e. The first kappa shape index (κ1) is 20.8. The number of ketones is 1. The summed E-state index contributed by atoms with van der Waals surface area (Å²) in [5, 5.41) is 0.457. The van der Waals surface area contributed by atoms with Crippen LogP contribution in [0, 0.1) is 0 Å². The fourth-order valence-electron chi connectivity index (χ4n) is 4.59. The molecule has 1 aromatic carbocycles. The number of halogens is 4. The van der Waals surface area contributed by atoms with E-state index in [9.17, 15) is 22.8 Å². The molecule has 4 rings (SSSR count). The van der Waals surface area contributed by atoms with Gasteiger partial charge in [0.1, 0.15) is 0 Å². The lowest BCUT2D eigenvalue weighted by Crippen LogP contribution is -2.47. The molecular weight excluding hydrogens is 417 g/mol. The van der Waals surface area contributed by atoms with Crippen molar-refractivity contribution in [3.63, 3.8) is 0 Å². The van der Waals surface area contributed by atoms with E-state index in [1.54, 1.807) is 23.1 Å². The van der Waals surface area contributed by atoms with Crippen LogP contribution in [0.2, 0.25) is 5.02 Å². The number of aryl methyl sites for hydroxylation is 1. The summed E-state index contributed by atoms with van der Waals surface area (Å²) in [6.07, 6.45) is -0.336. The van der Waals surface area contributed by atoms with Crippen LogP contribution < -0.4 is 0 Å². The number of amides is 1. The molecule has 30 heavy (non-hydrogen) atoms. The maximum Gasteiger partial charge on any atom is 0.416 e. The van der Waals surface area contributed by atoms with Crippen molar-refractivity contribution < 1.29 is 22.8 Å². The Balaban J connectivity index is 1.41. The van der Waals surface area contributed by atoms with E-state index in [2.05, 4.69) is 4.98 Å². The first-order chi connectivity index (χ1) is 14.2. The van der Waals surface area contributed by atoms with Crippen LogP contribution in [-0.4, -0.2) is 34.7 Å². The van der Waals surface area contributed by atoms with Gasteiger partial charge < -0.3 is 4.90 Å². The number of carbonyl (C=O) groups is 2. The Bertz CT molecular complexity index is 981. The van der Waals surface area contributed by atoms with Gasteiger partial charge in [-0.2, -0.15) is 13.2 Å². The highest BCUT2D eigenvalue weighted by atomic mass is 35.5. The third-order valence-electron chi connectivity index (χ3n) is 6.25. The highest BCUT2D eigenvalue weighted by molar-refractivity contribution is 6.36. The van der Waals surface area contributed by atoms with Gasteiger partial charge in [0.2, 0.25) is 5.78 Å². The predicted octanol–water partition coefficient (Wildman–Crippen LogP) is 4.37. The van der Waals surface area contributed by atoms with E-state index >= 15 is 0 Å². The maximum absolute atomic E-state index is 13.0. The summed E-state index contributed by atoms with van der Waals surface area (Å²) in [6, 6.07) is 7.23. The number of aromatic nitrogens is 1. The summed E-state index contributed by atoms with van der Waals surface area (Å²) < 4.78 is 39.0. The molecule has 1 amide bonds. The topological polar surface area (TPSA) is 50.3 Å². The number of fused-ring (bicyclic) bond motifs is 2. The van der Waals surface area contributed by atoms with Crippen LogP contribution in [0.5, 0.6) is 0 Å². The third-order valence-corrected chi connectivity index (χ3v) is 6.48. The van der Waals surface area contributed by atoms with Gasteiger partial charge >= 0.3 is 6.18 Å². The van der Waals surface area contributed by atoms with Crippen molar-refractivity contribution in [3.05, 3.63) is 63.9 Å². The van der Waals surface area contributed by atoms with Gasteiger partial charge in [-0.1, -0.05) is 17.7 Å². The van der Waals surface area contributed by atoms with E-state index in [1.807, 2.05) is 0 Å². The Labute approximate surface area is 177 Å². The first-order valence-corrected chi connectivity index (χ1v) is 10.2. The molecule has 1 fully saturated rings. The van der Waals surface area contributed by atoms with E-state index in [1.165, 1.54) is 12.3 Å². The minimum absolute atomic E-state index is 0.0826. The molecule has 0 unspecified atom stereocenters. The molecule has 0 N–H and O–H groups in total. The molecule has 0 bridgehead atoms. The number of hydrogen-bond donors (Lipinski definition) is 0. The van der Waals surface area contributed by atoms with Crippen LogP contribution in [0.3, 0.4) is 0 Å². The normalized spacial score (nSPS) is 17.8. The van der Waals surface area contributed by atoms with Gasteiger partial charge in [-0.3, -0.25) is 14.6 Å². The zero-order chi connectivity index (χ0) is 21.5. The van der Waals surface area contributed by atoms with Crippen LogP contribution in [0.1, 0.15) is 41.6 Å². The van der Waals surface area contributed by atoms with Crippen molar-refractivity contribution in [2.24, 2.45) is 0 Å². The van der Waals surface area contributed by atoms with Gasteiger partial charge in [0.25, 0.3) is 5.91 Å². The zero-order valence-corrected chi connectivity index (χ0v) is 16.9. The molecular formula is C22H20ClF3N2O2. The van der Waals surface area contributed by atoms with E-state index in [0.29, 0.717) is 43.1 Å². The summed E-state index contributed by atoms with van der Waals surface area (Å²) in [5.41, 5.74) is 1.36. The lowest BCUT2D eigenvalue weighted by atomic mass is 9.73. The van der Waals surface area contributed by atoms with E-state index in [0.717, 1.165) is 23.6 Å². The lowest BCUT2D eigenvalue weighted by molar-refractivity contribution is -0.145. The lowest BCUT2D eigenvalue weighted by Gasteiger charge is -2.40. The molecule has 1 aliphatic carbocycles. The van der Waals surface area contributed by atoms with E-state index < -0.39 is 23.4 Å². The van der Waals surface area contributed by atoms with Crippen LogP contribution in [0.15, 0.2) is 36.5 Å². The first-order valence-electron chi connectivity index (χ1n) is 9.81. The van der Waals surface area contributed by atoms with Gasteiger partial charge in [0, 0.05) is 25.0 Å². The second-order valence-electron chi connectivity index (χ2n) is 8.01. The number of piperidine rings is 1. The second-order valence-corrected chi connectivity index (χ2v) is 8.45. The quantitative estimate of drug-likeness (QED) is 0.671. The summed E-state index contributed by atoms with van der Waals surface area (Å²) >= 11 is 5.78. The molecule has 2 aromatic rings. The fraction of sp³-hybridized carbons (Fsp3) is 0.409. The number of rotatable bonds is 3. The Morgan fingerprint density at radius 2 is 1.83 bits per heavy atom. The van der Waals surface area contributed by atoms with Gasteiger partial charge in [0.05, 0.1) is 17.0 Å². The molecule has 4 nitrogen and oxygen atoms in total. The molecule has 0 radical (unpaired) electrons. The number of nitrogens with zero attached hydrogens (tertiary/aromatic N) is 2. The van der Waals surface area contributed by atoms with Gasteiger partial charge in [0.15, 0.2) is 0 Å². The molecule has 2 aliphatic rings. The van der Waals surface area contributed by atoms with Crippen LogP contribution in [0.4, 0.5) is 13.2 Å². The largest absolute Gasteiger partial charge is 0.416 e. The van der Waals surface area contributed by atoms with Crippen molar-refractivity contribution in [1.29, 1.82) is 0 Å². The van der Waals surface area contributed by atoms with Crippen LogP contribution in [0.25, 0.3) is 0 Å². The van der Waals surface area contributed by atoms with Crippen molar-refractivity contribution in [3.8, 4) is 0 Å². The minimum atomic E-state index is -4.35. The molecule has 2 heterocycles. The number of hydrogen-bond acceptors (Lipinski definition) is 3. The second kappa shape index (κ2) is 7.69. The van der Waals surface area contributed by atoms with Crippen molar-refractivity contribution in [2.45, 2.75) is 43.7 Å². The number of pyridine rings is 1. The Hall–Kier alpha value is -2.41. The van der Waals surface area contributed by atoms with Crippen molar-refractivity contribution in [2.75, 3.05) is 13.1 Å². The molecule has 158 valence electrons. The number of benzene rings is 1. The van der Waals surface area contributed by atoms with Crippen molar-refractivity contribution in [1.82, 2.24) is 9.88 Å². The number of Topliss-reactive ketones (excluding diaryl/α,β-unsaturated/α-hetero) is 1. The molecule has 1 aliphatic heterocycles. The SMILES string of the molecule is O=C(Cc1ccc(Cl)cn1)C(=O)N1CCC2(CCc3cc(C(F)(F)F)ccc32)CC1. The Morgan fingerprint density at radius 1 is 1.10 bits per heavy atom. The molecule has 1 aromatic heterocycles. The fourth-order valence-corrected chi connectivity index (χ4v) is 4.70.